The molecular formula is C9H16N4O4. The van der Waals surface area contributed by atoms with Crippen LogP contribution < -0.4 is 10.9 Å². The van der Waals surface area contributed by atoms with Crippen LogP contribution in [-0.4, -0.2) is 49.1 Å². The van der Waals surface area contributed by atoms with Crippen LogP contribution in [0.2, 0.25) is 0 Å². The molecule has 0 bridgehead atoms. The Morgan fingerprint density at radius 2 is 2.35 bits per heavy atom. The Kier molecular flexibility index (Phi) is 4.02. The fourth-order valence-corrected chi connectivity index (χ4v) is 1.49. The standard InChI is InChI=1S/C9H16N4O4/c1-2-16-9(14)10-8-7-13(11-17-8)12-3-5-15-6-4-12/h7,11H,2-6H2,1H3,(H,10,14). The van der Waals surface area contributed by atoms with Gasteiger partial charge < -0.3 is 14.3 Å². The Morgan fingerprint density at radius 1 is 1.59 bits per heavy atom. The van der Waals surface area contributed by atoms with E-state index < -0.39 is 6.09 Å². The summed E-state index contributed by atoms with van der Waals surface area (Å²) in [5, 5.41) is 6.14. The molecule has 0 aromatic carbocycles. The summed E-state index contributed by atoms with van der Waals surface area (Å²) >= 11 is 0. The Morgan fingerprint density at radius 3 is 3.06 bits per heavy atom. The fourth-order valence-electron chi connectivity index (χ4n) is 1.49. The van der Waals surface area contributed by atoms with Crippen LogP contribution in [0.15, 0.2) is 12.1 Å². The van der Waals surface area contributed by atoms with Gasteiger partial charge in [0.25, 0.3) is 0 Å². The molecule has 0 aromatic rings. The van der Waals surface area contributed by atoms with E-state index in [1.54, 1.807) is 18.2 Å². The number of rotatable bonds is 3. The largest absolute Gasteiger partial charge is 0.450 e. The zero-order valence-electron chi connectivity index (χ0n) is 9.64. The van der Waals surface area contributed by atoms with Crippen LogP contribution in [-0.2, 0) is 14.3 Å². The van der Waals surface area contributed by atoms with Gasteiger partial charge >= 0.3 is 6.09 Å². The summed E-state index contributed by atoms with van der Waals surface area (Å²) < 4.78 is 9.97. The zero-order valence-corrected chi connectivity index (χ0v) is 9.64. The Hall–Kier alpha value is -1.51. The number of morpholine rings is 1. The first kappa shape index (κ1) is 12.0. The van der Waals surface area contributed by atoms with E-state index in [9.17, 15) is 4.79 Å². The molecule has 0 aromatic heterocycles. The first-order chi connectivity index (χ1) is 8.29. The maximum Gasteiger partial charge on any atom is 0.414 e. The number of amides is 1. The molecule has 0 radical (unpaired) electrons. The van der Waals surface area contributed by atoms with Crippen molar-refractivity contribution < 1.29 is 19.1 Å². The van der Waals surface area contributed by atoms with Gasteiger partial charge in [-0.25, -0.2) is 9.91 Å². The van der Waals surface area contributed by atoms with Gasteiger partial charge in [-0.2, -0.15) is 5.01 Å². The molecule has 96 valence electrons. The van der Waals surface area contributed by atoms with E-state index in [0.29, 0.717) is 25.7 Å². The van der Waals surface area contributed by atoms with Crippen molar-refractivity contribution in [3.8, 4) is 0 Å². The van der Waals surface area contributed by atoms with Crippen LogP contribution in [0.4, 0.5) is 4.79 Å². The highest BCUT2D eigenvalue weighted by Gasteiger charge is 2.23. The molecular weight excluding hydrogens is 228 g/mol. The third kappa shape index (κ3) is 3.22. The molecule has 2 N–H and O–H groups in total. The molecule has 2 aliphatic heterocycles. The number of hydrogen-bond donors (Lipinski definition) is 2. The van der Waals surface area contributed by atoms with Crippen LogP contribution in [0.3, 0.4) is 0 Å². The third-order valence-electron chi connectivity index (χ3n) is 2.28. The van der Waals surface area contributed by atoms with E-state index in [1.165, 1.54) is 0 Å². The lowest BCUT2D eigenvalue weighted by molar-refractivity contribution is -0.141. The number of nitrogens with zero attached hydrogens (tertiary/aromatic N) is 2. The minimum Gasteiger partial charge on any atom is -0.450 e. The molecule has 0 atom stereocenters. The molecule has 0 spiro atoms. The predicted molar refractivity (Wildman–Crippen MR) is 56.7 cm³/mol. The minimum atomic E-state index is -0.538. The van der Waals surface area contributed by atoms with Crippen molar-refractivity contribution in [3.63, 3.8) is 0 Å². The average Bonchev–Trinajstić information content (AvgIpc) is 2.79. The van der Waals surface area contributed by atoms with Gasteiger partial charge in [-0.15, -0.1) is 0 Å². The summed E-state index contributed by atoms with van der Waals surface area (Å²) in [6.45, 7) is 4.93. The second kappa shape index (κ2) is 5.71. The fraction of sp³-hybridized carbons (Fsp3) is 0.667. The monoisotopic (exact) mass is 244 g/mol. The molecule has 0 unspecified atom stereocenters. The number of carbonyl (C=O) groups is 1. The van der Waals surface area contributed by atoms with E-state index in [-0.39, 0.29) is 0 Å². The van der Waals surface area contributed by atoms with E-state index in [0.717, 1.165) is 13.1 Å². The normalized spacial score (nSPS) is 20.8. The Balaban J connectivity index is 1.82. The van der Waals surface area contributed by atoms with Crippen molar-refractivity contribution in [3.05, 3.63) is 12.1 Å². The van der Waals surface area contributed by atoms with Gasteiger partial charge in [0.15, 0.2) is 0 Å². The molecule has 2 rings (SSSR count). The molecule has 2 heterocycles. The molecule has 0 saturated carbocycles. The Labute approximate surface area is 99.0 Å². The van der Waals surface area contributed by atoms with Crippen molar-refractivity contribution >= 4 is 6.09 Å². The van der Waals surface area contributed by atoms with Crippen molar-refractivity contribution in [1.29, 1.82) is 0 Å². The highest BCUT2D eigenvalue weighted by molar-refractivity contribution is 5.68. The lowest BCUT2D eigenvalue weighted by Gasteiger charge is -2.32. The number of nitrogens with one attached hydrogen (secondary N) is 2. The SMILES string of the molecule is CCOC(=O)NC1=CN(N2CCOCC2)NO1. The quantitative estimate of drug-likeness (QED) is 0.695. The van der Waals surface area contributed by atoms with Crippen molar-refractivity contribution in [2.75, 3.05) is 32.9 Å². The smallest absolute Gasteiger partial charge is 0.414 e. The number of alkyl carbamates (subject to hydrolysis) is 1. The van der Waals surface area contributed by atoms with Crippen LogP contribution >= 0.6 is 0 Å². The van der Waals surface area contributed by atoms with Crippen LogP contribution in [0.25, 0.3) is 0 Å². The topological polar surface area (TPSA) is 75.3 Å². The molecule has 17 heavy (non-hydrogen) atoms. The van der Waals surface area contributed by atoms with Gasteiger partial charge in [-0.1, -0.05) is 0 Å². The summed E-state index contributed by atoms with van der Waals surface area (Å²) in [6.07, 6.45) is 1.10. The number of ether oxygens (including phenoxy) is 2. The Bertz CT molecular complexity index is 303. The summed E-state index contributed by atoms with van der Waals surface area (Å²) in [5.74, 6) is 0.301. The number of carbonyl (C=O) groups excluding carboxylic acids is 1. The maximum absolute atomic E-state index is 11.1. The van der Waals surface area contributed by atoms with Gasteiger partial charge in [-0.3, -0.25) is 5.32 Å². The van der Waals surface area contributed by atoms with Gasteiger partial charge in [0.1, 0.15) is 6.20 Å². The minimum absolute atomic E-state index is 0.301. The predicted octanol–water partition coefficient (Wildman–Crippen LogP) is -0.470. The van der Waals surface area contributed by atoms with Crippen LogP contribution in [0.1, 0.15) is 6.92 Å². The second-order valence-corrected chi connectivity index (χ2v) is 3.44. The van der Waals surface area contributed by atoms with Crippen molar-refractivity contribution in [2.24, 2.45) is 0 Å². The third-order valence-corrected chi connectivity index (χ3v) is 2.28. The summed E-state index contributed by atoms with van der Waals surface area (Å²) in [6, 6.07) is 0. The summed E-state index contributed by atoms with van der Waals surface area (Å²) in [4.78, 5) is 16.2. The maximum atomic E-state index is 11.1. The van der Waals surface area contributed by atoms with E-state index in [1.807, 2.05) is 5.01 Å². The van der Waals surface area contributed by atoms with Gasteiger partial charge in [0, 0.05) is 13.1 Å². The van der Waals surface area contributed by atoms with Gasteiger partial charge in [-0.05, 0) is 12.5 Å². The van der Waals surface area contributed by atoms with Crippen LogP contribution in [0, 0.1) is 0 Å². The number of hydrogen-bond acceptors (Lipinski definition) is 7. The molecule has 1 amide bonds. The molecule has 8 heteroatoms. The van der Waals surface area contributed by atoms with Gasteiger partial charge in [0.2, 0.25) is 5.88 Å². The van der Waals surface area contributed by atoms with Gasteiger partial charge in [0.05, 0.1) is 19.8 Å². The zero-order chi connectivity index (χ0) is 12.1. The summed E-state index contributed by atoms with van der Waals surface area (Å²) in [5.41, 5.74) is 2.66. The lowest BCUT2D eigenvalue weighted by atomic mass is 10.5. The molecule has 2 aliphatic rings. The number of hydrazine groups is 2. The van der Waals surface area contributed by atoms with Crippen LogP contribution in [0.5, 0.6) is 0 Å². The molecule has 0 aliphatic carbocycles. The molecule has 1 fully saturated rings. The second-order valence-electron chi connectivity index (χ2n) is 3.44. The lowest BCUT2D eigenvalue weighted by Crippen LogP contribution is -2.49. The molecule has 1 saturated heterocycles. The van der Waals surface area contributed by atoms with Crippen molar-refractivity contribution in [2.45, 2.75) is 6.92 Å². The molecule has 8 nitrogen and oxygen atoms in total. The van der Waals surface area contributed by atoms with E-state index in [2.05, 4.69) is 10.9 Å². The highest BCUT2D eigenvalue weighted by Crippen LogP contribution is 2.08. The summed E-state index contributed by atoms with van der Waals surface area (Å²) in [7, 11) is 0. The first-order valence-corrected chi connectivity index (χ1v) is 5.49. The van der Waals surface area contributed by atoms with Crippen molar-refractivity contribution in [1.82, 2.24) is 21.0 Å². The van der Waals surface area contributed by atoms with E-state index >= 15 is 0 Å². The highest BCUT2D eigenvalue weighted by atomic mass is 16.7. The van der Waals surface area contributed by atoms with E-state index in [4.69, 9.17) is 14.3 Å². The average molecular weight is 244 g/mol. The first-order valence-electron chi connectivity index (χ1n) is 5.49.